The van der Waals surface area contributed by atoms with Crippen molar-refractivity contribution in [3.63, 3.8) is 0 Å². The third-order valence-corrected chi connectivity index (χ3v) is 8.40. The minimum absolute atomic E-state index is 0.0156. The predicted molar refractivity (Wildman–Crippen MR) is 90.1 cm³/mol. The molecule has 0 spiro atoms. The van der Waals surface area contributed by atoms with Gasteiger partial charge >= 0.3 is 0 Å². The summed E-state index contributed by atoms with van der Waals surface area (Å²) in [7, 11) is 0. The average Bonchev–Trinajstić information content (AvgIpc) is 2.86. The van der Waals surface area contributed by atoms with Crippen LogP contribution < -0.4 is 5.32 Å². The van der Waals surface area contributed by atoms with E-state index in [1.807, 2.05) is 0 Å². The van der Waals surface area contributed by atoms with Gasteiger partial charge in [-0.05, 0) is 61.7 Å². The van der Waals surface area contributed by atoms with Crippen molar-refractivity contribution in [1.82, 2.24) is 5.32 Å². The maximum atomic E-state index is 13.0. The van der Waals surface area contributed by atoms with Crippen LogP contribution in [0.15, 0.2) is 0 Å². The third kappa shape index (κ3) is 2.01. The van der Waals surface area contributed by atoms with Crippen molar-refractivity contribution in [2.45, 2.75) is 71.8 Å². The monoisotopic (exact) mass is 331 g/mol. The first-order valence-corrected chi connectivity index (χ1v) is 9.60. The van der Waals surface area contributed by atoms with Crippen molar-refractivity contribution in [2.24, 2.45) is 34.5 Å². The number of amides is 1. The molecule has 4 heteroatoms. The van der Waals surface area contributed by atoms with Gasteiger partial charge in [0.25, 0.3) is 0 Å². The van der Waals surface area contributed by atoms with E-state index in [-0.39, 0.29) is 40.4 Å². The highest BCUT2D eigenvalue weighted by Crippen LogP contribution is 2.64. The molecule has 0 aromatic heterocycles. The topological polar surface area (TPSA) is 63.2 Å². The van der Waals surface area contributed by atoms with Crippen LogP contribution in [-0.4, -0.2) is 23.5 Å². The van der Waals surface area contributed by atoms with Crippen molar-refractivity contribution in [3.8, 4) is 0 Å². The summed E-state index contributed by atoms with van der Waals surface area (Å²) in [5.74, 6) is 1.57. The van der Waals surface area contributed by atoms with Crippen LogP contribution in [0, 0.1) is 34.5 Å². The normalized spacial score (nSPS) is 50.5. The highest BCUT2D eigenvalue weighted by atomic mass is 16.2. The van der Waals surface area contributed by atoms with Crippen molar-refractivity contribution in [2.75, 3.05) is 0 Å². The second-order valence-electron chi connectivity index (χ2n) is 9.33. The van der Waals surface area contributed by atoms with Gasteiger partial charge in [0, 0.05) is 30.7 Å². The summed E-state index contributed by atoms with van der Waals surface area (Å²) in [6, 6.07) is 0.0156. The van der Waals surface area contributed by atoms with Gasteiger partial charge in [0.2, 0.25) is 5.91 Å². The maximum absolute atomic E-state index is 13.0. The van der Waals surface area contributed by atoms with E-state index in [0.717, 1.165) is 32.1 Å². The number of fused-ring (bicyclic) bond motifs is 5. The number of Topliss-reactive ketones (excluding diaryl/α,β-unsaturated/α-hetero) is 2. The van der Waals surface area contributed by atoms with Gasteiger partial charge in [0.05, 0.1) is 0 Å². The predicted octanol–water partition coefficient (Wildman–Crippen LogP) is 2.89. The van der Waals surface area contributed by atoms with Gasteiger partial charge in [0.1, 0.15) is 11.6 Å². The van der Waals surface area contributed by atoms with Gasteiger partial charge in [0.15, 0.2) is 0 Å². The first kappa shape index (κ1) is 16.3. The Bertz CT molecular complexity index is 614. The fourth-order valence-corrected chi connectivity index (χ4v) is 6.99. The number of piperidine rings is 1. The molecule has 1 N–H and O–H groups in total. The molecule has 0 unspecified atom stereocenters. The molecule has 1 aliphatic heterocycles. The summed E-state index contributed by atoms with van der Waals surface area (Å²) in [4.78, 5) is 37.0. The summed E-state index contributed by atoms with van der Waals surface area (Å²) in [5.41, 5.74) is 0.0279. The smallest absolute Gasteiger partial charge is 0.223 e. The molecular weight excluding hydrogens is 302 g/mol. The number of hydrogen-bond donors (Lipinski definition) is 1. The van der Waals surface area contributed by atoms with Crippen LogP contribution in [0.5, 0.6) is 0 Å². The van der Waals surface area contributed by atoms with Crippen LogP contribution in [0.25, 0.3) is 0 Å². The van der Waals surface area contributed by atoms with Crippen LogP contribution >= 0.6 is 0 Å². The van der Waals surface area contributed by atoms with E-state index >= 15 is 0 Å². The van der Waals surface area contributed by atoms with Crippen molar-refractivity contribution >= 4 is 17.5 Å². The first-order valence-electron chi connectivity index (χ1n) is 9.60. The quantitative estimate of drug-likeness (QED) is 0.803. The van der Waals surface area contributed by atoms with Gasteiger partial charge in [-0.25, -0.2) is 0 Å². The molecule has 4 aliphatic rings. The Balaban J connectivity index is 1.69. The van der Waals surface area contributed by atoms with Crippen LogP contribution in [0.4, 0.5) is 0 Å². The lowest BCUT2D eigenvalue weighted by Gasteiger charge is -2.59. The molecule has 4 fully saturated rings. The van der Waals surface area contributed by atoms with Gasteiger partial charge in [-0.2, -0.15) is 0 Å². The third-order valence-electron chi connectivity index (χ3n) is 8.40. The van der Waals surface area contributed by atoms with E-state index in [1.54, 1.807) is 6.92 Å². The average molecular weight is 331 g/mol. The van der Waals surface area contributed by atoms with Gasteiger partial charge in [-0.1, -0.05) is 13.8 Å². The van der Waals surface area contributed by atoms with E-state index in [9.17, 15) is 14.4 Å². The fourth-order valence-electron chi connectivity index (χ4n) is 6.99. The molecule has 4 nitrogen and oxygen atoms in total. The van der Waals surface area contributed by atoms with E-state index in [4.69, 9.17) is 0 Å². The van der Waals surface area contributed by atoms with Gasteiger partial charge in [-0.15, -0.1) is 0 Å². The maximum Gasteiger partial charge on any atom is 0.223 e. The highest BCUT2D eigenvalue weighted by Gasteiger charge is 2.63. The van der Waals surface area contributed by atoms with E-state index in [2.05, 4.69) is 19.2 Å². The van der Waals surface area contributed by atoms with Crippen LogP contribution in [0.3, 0.4) is 0 Å². The van der Waals surface area contributed by atoms with Gasteiger partial charge in [-0.3, -0.25) is 14.4 Å². The molecule has 0 bridgehead atoms. The van der Waals surface area contributed by atoms with E-state index in [1.165, 1.54) is 0 Å². The van der Waals surface area contributed by atoms with Crippen molar-refractivity contribution in [1.29, 1.82) is 0 Å². The molecule has 0 aromatic rings. The Hall–Kier alpha value is -1.19. The molecule has 0 radical (unpaired) electrons. The Morgan fingerprint density at radius 3 is 2.46 bits per heavy atom. The zero-order chi connectivity index (χ0) is 17.3. The highest BCUT2D eigenvalue weighted by molar-refractivity contribution is 5.86. The van der Waals surface area contributed by atoms with Crippen molar-refractivity contribution in [3.05, 3.63) is 0 Å². The summed E-state index contributed by atoms with van der Waals surface area (Å²) in [6.45, 7) is 6.26. The van der Waals surface area contributed by atoms with Crippen LogP contribution in [0.2, 0.25) is 0 Å². The van der Waals surface area contributed by atoms with Gasteiger partial charge < -0.3 is 5.32 Å². The lowest BCUT2D eigenvalue weighted by atomic mass is 9.48. The number of ketones is 2. The molecule has 1 heterocycles. The number of carbonyl (C=O) groups is 3. The fraction of sp³-hybridized carbons (Fsp3) is 0.850. The van der Waals surface area contributed by atoms with Crippen molar-refractivity contribution < 1.29 is 14.4 Å². The zero-order valence-electron chi connectivity index (χ0n) is 15.1. The molecule has 1 saturated heterocycles. The standard InChI is InChI=1S/C20H29NO3/c1-11(22)13-4-5-14-17-15(7-9-19(13,14)2)20(3)8-6-12(23)10-16(20)21-18(17)24/h13-17H,4-10H2,1-3H3,(H,21,24)/t13-,14+,15+,16+,17+,19-,20-/m1/s1. The summed E-state index contributed by atoms with van der Waals surface area (Å²) >= 11 is 0. The second kappa shape index (κ2) is 5.15. The molecule has 0 aromatic carbocycles. The lowest BCUT2D eigenvalue weighted by Crippen LogP contribution is -2.65. The number of carbonyl (C=O) groups excluding carboxylic acids is 3. The molecule has 3 aliphatic carbocycles. The SMILES string of the molecule is CC(=O)[C@H]1CC[C@H]2[C@@H]3C(=O)N[C@H]4CC(=O)CC[C@]4(C)[C@H]3CC[C@]12C. The summed E-state index contributed by atoms with van der Waals surface area (Å²) < 4.78 is 0. The molecular formula is C20H29NO3. The summed E-state index contributed by atoms with van der Waals surface area (Å²) in [6.07, 6.45) is 6.06. The minimum atomic E-state index is -0.0159. The molecule has 1 amide bonds. The van der Waals surface area contributed by atoms with E-state index in [0.29, 0.717) is 30.5 Å². The Kier molecular flexibility index (Phi) is 3.50. The van der Waals surface area contributed by atoms with Crippen LogP contribution in [-0.2, 0) is 14.4 Å². The molecule has 132 valence electrons. The Morgan fingerprint density at radius 2 is 1.75 bits per heavy atom. The zero-order valence-corrected chi connectivity index (χ0v) is 15.1. The summed E-state index contributed by atoms with van der Waals surface area (Å²) in [5, 5.41) is 3.22. The number of rotatable bonds is 1. The second-order valence-corrected chi connectivity index (χ2v) is 9.33. The number of hydrogen-bond acceptors (Lipinski definition) is 3. The molecule has 7 atom stereocenters. The largest absolute Gasteiger partial charge is 0.352 e. The van der Waals surface area contributed by atoms with E-state index < -0.39 is 0 Å². The Labute approximate surface area is 144 Å². The number of nitrogens with one attached hydrogen (secondary N) is 1. The Morgan fingerprint density at radius 1 is 1.04 bits per heavy atom. The molecule has 24 heavy (non-hydrogen) atoms. The van der Waals surface area contributed by atoms with Crippen LogP contribution in [0.1, 0.15) is 65.7 Å². The minimum Gasteiger partial charge on any atom is -0.352 e. The molecule has 3 saturated carbocycles. The first-order chi connectivity index (χ1) is 11.3. The lowest BCUT2D eigenvalue weighted by molar-refractivity contribution is -0.158. The molecule has 4 rings (SSSR count).